The predicted octanol–water partition coefficient (Wildman–Crippen LogP) is 3.87. The number of nitrogens with zero attached hydrogens (tertiary/aromatic N) is 1. The molecule has 20 heavy (non-hydrogen) atoms. The van der Waals surface area contributed by atoms with Crippen LogP contribution in [-0.4, -0.2) is 22.7 Å². The number of aromatic amines is 1. The van der Waals surface area contributed by atoms with Crippen LogP contribution in [0, 0.1) is 6.92 Å². The first kappa shape index (κ1) is 13.2. The Morgan fingerprint density at radius 3 is 2.70 bits per heavy atom. The summed E-state index contributed by atoms with van der Waals surface area (Å²) in [6.45, 7) is 1.51. The first-order valence-corrected chi connectivity index (χ1v) is 6.65. The van der Waals surface area contributed by atoms with Gasteiger partial charge < -0.3 is 4.74 Å². The van der Waals surface area contributed by atoms with Crippen LogP contribution >= 0.6 is 0 Å². The zero-order valence-electron chi connectivity index (χ0n) is 11.2. The summed E-state index contributed by atoms with van der Waals surface area (Å²) < 4.78 is 31.3. The largest absolute Gasteiger partial charge is 0.366 e. The first-order chi connectivity index (χ1) is 9.53. The average molecular weight is 278 g/mol. The molecule has 1 saturated heterocycles. The van der Waals surface area contributed by atoms with E-state index < -0.39 is 12.5 Å². The lowest BCUT2D eigenvalue weighted by molar-refractivity contribution is -0.146. The highest BCUT2D eigenvalue weighted by molar-refractivity contribution is 5.59. The van der Waals surface area contributed by atoms with Crippen molar-refractivity contribution in [1.29, 1.82) is 0 Å². The minimum Gasteiger partial charge on any atom is -0.366 e. The fraction of sp³-hybridized carbons (Fsp3) is 0.400. The van der Waals surface area contributed by atoms with E-state index in [2.05, 4.69) is 10.2 Å². The second kappa shape index (κ2) is 4.98. The Morgan fingerprint density at radius 1 is 1.30 bits per heavy atom. The molecule has 1 aliphatic rings. The van der Waals surface area contributed by atoms with Crippen molar-refractivity contribution in [3.63, 3.8) is 0 Å². The highest BCUT2D eigenvalue weighted by Crippen LogP contribution is 2.35. The first-order valence-electron chi connectivity index (χ1n) is 6.65. The molecule has 0 aliphatic carbocycles. The van der Waals surface area contributed by atoms with Gasteiger partial charge in [0, 0.05) is 12.0 Å². The van der Waals surface area contributed by atoms with E-state index in [1.165, 1.54) is 5.56 Å². The molecule has 1 N–H and O–H groups in total. The molecule has 2 aromatic rings. The Morgan fingerprint density at radius 2 is 2.05 bits per heavy atom. The SMILES string of the molecule is Cc1ccc(-c2cc([C@H]3CCC(F)(F)CO3)[nH]n2)cc1. The Balaban J connectivity index is 1.76. The monoisotopic (exact) mass is 278 g/mol. The lowest BCUT2D eigenvalue weighted by atomic mass is 10.0. The minimum atomic E-state index is -2.70. The fourth-order valence-electron chi connectivity index (χ4n) is 2.34. The Labute approximate surface area is 116 Å². The van der Waals surface area contributed by atoms with Gasteiger partial charge in [-0.15, -0.1) is 0 Å². The van der Waals surface area contributed by atoms with Crippen LogP contribution in [0.1, 0.15) is 30.2 Å². The van der Waals surface area contributed by atoms with Crippen LogP contribution in [0.4, 0.5) is 8.78 Å². The van der Waals surface area contributed by atoms with Crippen molar-refractivity contribution in [2.45, 2.75) is 31.8 Å². The number of ether oxygens (including phenoxy) is 1. The number of halogens is 2. The van der Waals surface area contributed by atoms with Crippen molar-refractivity contribution in [2.24, 2.45) is 0 Å². The number of aromatic nitrogens is 2. The number of nitrogens with one attached hydrogen (secondary N) is 1. The van der Waals surface area contributed by atoms with Crippen LogP contribution in [0.25, 0.3) is 11.3 Å². The minimum absolute atomic E-state index is 0.142. The zero-order chi connectivity index (χ0) is 14.2. The van der Waals surface area contributed by atoms with Gasteiger partial charge in [0.05, 0.1) is 17.5 Å². The summed E-state index contributed by atoms with van der Waals surface area (Å²) in [5.74, 6) is -2.70. The van der Waals surface area contributed by atoms with E-state index in [1.54, 1.807) is 0 Å². The molecule has 1 aromatic carbocycles. The molecule has 0 spiro atoms. The Bertz CT molecular complexity index is 582. The smallest absolute Gasteiger partial charge is 0.271 e. The molecule has 0 bridgehead atoms. The molecule has 1 atom stereocenters. The van der Waals surface area contributed by atoms with Gasteiger partial charge in [0.25, 0.3) is 5.92 Å². The molecule has 1 fully saturated rings. The summed E-state index contributed by atoms with van der Waals surface area (Å²) >= 11 is 0. The lowest BCUT2D eigenvalue weighted by Gasteiger charge is -2.27. The second-order valence-corrected chi connectivity index (χ2v) is 5.27. The number of benzene rings is 1. The molecule has 3 nitrogen and oxygen atoms in total. The van der Waals surface area contributed by atoms with Crippen molar-refractivity contribution in [2.75, 3.05) is 6.61 Å². The van der Waals surface area contributed by atoms with E-state index in [0.717, 1.165) is 17.0 Å². The third-order valence-electron chi connectivity index (χ3n) is 3.56. The average Bonchev–Trinajstić information content (AvgIpc) is 2.89. The molecular formula is C15H16F2N2O. The van der Waals surface area contributed by atoms with Crippen molar-refractivity contribution >= 4 is 0 Å². The van der Waals surface area contributed by atoms with E-state index in [0.29, 0.717) is 6.42 Å². The van der Waals surface area contributed by atoms with Crippen molar-refractivity contribution in [1.82, 2.24) is 10.2 Å². The van der Waals surface area contributed by atoms with Crippen LogP contribution in [0.3, 0.4) is 0 Å². The van der Waals surface area contributed by atoms with Crippen molar-refractivity contribution in [3.05, 3.63) is 41.6 Å². The summed E-state index contributed by atoms with van der Waals surface area (Å²) in [5, 5.41) is 7.13. The predicted molar refractivity (Wildman–Crippen MR) is 71.6 cm³/mol. The van der Waals surface area contributed by atoms with Gasteiger partial charge in [-0.1, -0.05) is 29.8 Å². The van der Waals surface area contributed by atoms with Crippen molar-refractivity contribution in [3.8, 4) is 11.3 Å². The topological polar surface area (TPSA) is 37.9 Å². The van der Waals surface area contributed by atoms with Crippen molar-refractivity contribution < 1.29 is 13.5 Å². The third-order valence-corrected chi connectivity index (χ3v) is 3.56. The quantitative estimate of drug-likeness (QED) is 0.905. The number of hydrogen-bond donors (Lipinski definition) is 1. The Hall–Kier alpha value is -1.75. The van der Waals surface area contributed by atoms with Gasteiger partial charge in [0.1, 0.15) is 6.61 Å². The molecule has 1 aliphatic heterocycles. The highest BCUT2D eigenvalue weighted by Gasteiger charge is 2.36. The van der Waals surface area contributed by atoms with E-state index >= 15 is 0 Å². The molecule has 0 unspecified atom stereocenters. The molecule has 3 rings (SSSR count). The third kappa shape index (κ3) is 2.72. The molecule has 0 radical (unpaired) electrons. The molecule has 106 valence electrons. The molecule has 0 saturated carbocycles. The number of hydrogen-bond acceptors (Lipinski definition) is 2. The van der Waals surface area contributed by atoms with Gasteiger partial charge in [0.15, 0.2) is 0 Å². The van der Waals surface area contributed by atoms with Gasteiger partial charge in [0.2, 0.25) is 0 Å². The van der Waals surface area contributed by atoms with E-state index in [9.17, 15) is 8.78 Å². The molecule has 2 heterocycles. The van der Waals surface area contributed by atoms with Crippen LogP contribution in [0.2, 0.25) is 0 Å². The summed E-state index contributed by atoms with van der Waals surface area (Å²) in [5.41, 5.74) is 3.75. The van der Waals surface area contributed by atoms with Crippen LogP contribution < -0.4 is 0 Å². The number of H-pyrrole nitrogens is 1. The van der Waals surface area contributed by atoms with Crippen LogP contribution in [0.15, 0.2) is 30.3 Å². The summed E-state index contributed by atoms with van der Waals surface area (Å²) in [7, 11) is 0. The standard InChI is InChI=1S/C15H16F2N2O/c1-10-2-4-11(5-3-10)12-8-13(19-18-12)14-6-7-15(16,17)9-20-14/h2-5,8,14H,6-7,9H2,1H3,(H,18,19)/t14-/m1/s1. The summed E-state index contributed by atoms with van der Waals surface area (Å²) in [4.78, 5) is 0. The van der Waals surface area contributed by atoms with E-state index in [-0.39, 0.29) is 12.5 Å². The van der Waals surface area contributed by atoms with Crippen LogP contribution in [-0.2, 0) is 4.74 Å². The lowest BCUT2D eigenvalue weighted by Crippen LogP contribution is -2.31. The normalized spacial score (nSPS) is 21.9. The van der Waals surface area contributed by atoms with E-state index in [1.807, 2.05) is 37.3 Å². The van der Waals surface area contributed by atoms with E-state index in [4.69, 9.17) is 4.74 Å². The number of rotatable bonds is 2. The maximum absolute atomic E-state index is 13.1. The van der Waals surface area contributed by atoms with Gasteiger partial charge in [-0.3, -0.25) is 5.10 Å². The van der Waals surface area contributed by atoms with Gasteiger partial charge in [-0.25, -0.2) is 8.78 Å². The summed E-state index contributed by atoms with van der Waals surface area (Å²) in [6, 6.07) is 9.89. The highest BCUT2D eigenvalue weighted by atomic mass is 19.3. The molecular weight excluding hydrogens is 262 g/mol. The van der Waals surface area contributed by atoms with Crippen LogP contribution in [0.5, 0.6) is 0 Å². The molecule has 1 aromatic heterocycles. The molecule has 0 amide bonds. The Kier molecular flexibility index (Phi) is 3.30. The van der Waals surface area contributed by atoms with Gasteiger partial charge in [-0.05, 0) is 19.4 Å². The maximum atomic E-state index is 13.1. The number of aryl methyl sites for hydroxylation is 1. The second-order valence-electron chi connectivity index (χ2n) is 5.27. The van der Waals surface area contributed by atoms with Gasteiger partial charge >= 0.3 is 0 Å². The zero-order valence-corrected chi connectivity index (χ0v) is 11.2. The molecule has 5 heteroatoms. The number of alkyl halides is 2. The fourth-order valence-corrected chi connectivity index (χ4v) is 2.34. The maximum Gasteiger partial charge on any atom is 0.271 e. The van der Waals surface area contributed by atoms with Gasteiger partial charge in [-0.2, -0.15) is 5.10 Å². The summed E-state index contributed by atoms with van der Waals surface area (Å²) in [6.07, 6.45) is -0.152.